The molecule has 82 valence electrons. The standard InChI is InChI=1S/C8H7N5O3/c14-4-1-5(15)7(6(16)2-4)11-13-8-9-3-10-12-8/h1-3,14-16H,(H,9,10,12). The fourth-order valence-corrected chi connectivity index (χ4v) is 1.04. The van der Waals surface area contributed by atoms with Crippen LogP contribution in [-0.4, -0.2) is 30.5 Å². The van der Waals surface area contributed by atoms with Crippen molar-refractivity contribution >= 4 is 11.6 Å². The minimum Gasteiger partial charge on any atom is -0.508 e. The Morgan fingerprint density at radius 3 is 2.31 bits per heavy atom. The summed E-state index contributed by atoms with van der Waals surface area (Å²) in [6.07, 6.45) is 1.24. The number of aromatic nitrogens is 3. The molecular weight excluding hydrogens is 214 g/mol. The third-order valence-corrected chi connectivity index (χ3v) is 1.70. The van der Waals surface area contributed by atoms with Crippen LogP contribution in [0.4, 0.5) is 11.6 Å². The average Bonchev–Trinajstić information content (AvgIpc) is 2.68. The summed E-state index contributed by atoms with van der Waals surface area (Å²) in [6.45, 7) is 0. The molecule has 0 atom stereocenters. The van der Waals surface area contributed by atoms with Gasteiger partial charge in [0.15, 0.2) is 17.2 Å². The van der Waals surface area contributed by atoms with Crippen LogP contribution < -0.4 is 0 Å². The van der Waals surface area contributed by atoms with Crippen molar-refractivity contribution in [1.29, 1.82) is 0 Å². The van der Waals surface area contributed by atoms with E-state index in [0.717, 1.165) is 12.1 Å². The Labute approximate surface area is 88.9 Å². The van der Waals surface area contributed by atoms with E-state index >= 15 is 0 Å². The molecule has 0 amide bonds. The predicted molar refractivity (Wildman–Crippen MR) is 52.0 cm³/mol. The van der Waals surface area contributed by atoms with Gasteiger partial charge in [0.1, 0.15) is 12.1 Å². The molecule has 0 bridgehead atoms. The molecule has 0 radical (unpaired) electrons. The number of hydrogen-bond donors (Lipinski definition) is 4. The summed E-state index contributed by atoms with van der Waals surface area (Å²) < 4.78 is 0. The fourth-order valence-electron chi connectivity index (χ4n) is 1.04. The first-order valence-corrected chi connectivity index (χ1v) is 4.19. The van der Waals surface area contributed by atoms with E-state index in [1.165, 1.54) is 6.33 Å². The number of aromatic amines is 1. The first-order chi connectivity index (χ1) is 7.66. The third kappa shape index (κ3) is 1.90. The Morgan fingerprint density at radius 2 is 1.75 bits per heavy atom. The molecule has 8 nitrogen and oxygen atoms in total. The van der Waals surface area contributed by atoms with E-state index in [1.54, 1.807) is 0 Å². The van der Waals surface area contributed by atoms with Gasteiger partial charge in [-0.2, -0.15) is 10.1 Å². The first kappa shape index (κ1) is 9.90. The minimum atomic E-state index is -0.388. The van der Waals surface area contributed by atoms with Crippen molar-refractivity contribution in [2.75, 3.05) is 0 Å². The maximum atomic E-state index is 9.38. The zero-order valence-electron chi connectivity index (χ0n) is 7.86. The molecule has 0 aliphatic heterocycles. The first-order valence-electron chi connectivity index (χ1n) is 4.19. The van der Waals surface area contributed by atoms with Gasteiger partial charge in [-0.25, -0.2) is 5.10 Å². The largest absolute Gasteiger partial charge is 0.508 e. The van der Waals surface area contributed by atoms with Crippen molar-refractivity contribution in [2.45, 2.75) is 0 Å². The van der Waals surface area contributed by atoms with Crippen molar-refractivity contribution in [3.05, 3.63) is 18.5 Å². The molecule has 2 rings (SSSR count). The molecule has 16 heavy (non-hydrogen) atoms. The van der Waals surface area contributed by atoms with Crippen molar-refractivity contribution in [1.82, 2.24) is 15.2 Å². The van der Waals surface area contributed by atoms with E-state index < -0.39 is 0 Å². The Balaban J connectivity index is 2.35. The van der Waals surface area contributed by atoms with Crippen LogP contribution in [-0.2, 0) is 0 Å². The second kappa shape index (κ2) is 3.85. The van der Waals surface area contributed by atoms with Crippen LogP contribution >= 0.6 is 0 Å². The Hall–Kier alpha value is -2.64. The van der Waals surface area contributed by atoms with Crippen molar-refractivity contribution in [3.8, 4) is 17.2 Å². The van der Waals surface area contributed by atoms with Crippen LogP contribution in [0.5, 0.6) is 17.2 Å². The number of aromatic hydroxyl groups is 3. The number of rotatable bonds is 2. The summed E-state index contributed by atoms with van der Waals surface area (Å²) in [4.78, 5) is 3.67. The van der Waals surface area contributed by atoms with Crippen LogP contribution in [0.25, 0.3) is 0 Å². The van der Waals surface area contributed by atoms with E-state index in [-0.39, 0.29) is 28.9 Å². The number of azo groups is 1. The van der Waals surface area contributed by atoms with E-state index in [4.69, 9.17) is 5.11 Å². The number of benzene rings is 1. The second-order valence-corrected chi connectivity index (χ2v) is 2.84. The van der Waals surface area contributed by atoms with Crippen molar-refractivity contribution in [2.24, 2.45) is 10.2 Å². The molecule has 4 N–H and O–H groups in total. The summed E-state index contributed by atoms with van der Waals surface area (Å²) in [5.41, 5.74) is -0.158. The second-order valence-electron chi connectivity index (χ2n) is 2.84. The molecule has 0 saturated heterocycles. The van der Waals surface area contributed by atoms with Crippen LogP contribution in [0, 0.1) is 0 Å². The average molecular weight is 221 g/mol. The number of phenols is 3. The summed E-state index contributed by atoms with van der Waals surface area (Å²) in [7, 11) is 0. The third-order valence-electron chi connectivity index (χ3n) is 1.70. The van der Waals surface area contributed by atoms with Gasteiger partial charge >= 0.3 is 0 Å². The SMILES string of the molecule is Oc1cc(O)c(N=Nc2ncn[nH]2)c(O)c1. The molecule has 8 heteroatoms. The maximum Gasteiger partial charge on any atom is 0.264 e. The van der Waals surface area contributed by atoms with Crippen LogP contribution in [0.1, 0.15) is 0 Å². The molecular formula is C8H7N5O3. The lowest BCUT2D eigenvalue weighted by atomic mass is 10.2. The molecule has 1 aromatic carbocycles. The molecule has 0 aliphatic rings. The lowest BCUT2D eigenvalue weighted by Crippen LogP contribution is -1.72. The highest BCUT2D eigenvalue weighted by Crippen LogP contribution is 2.39. The number of hydrogen-bond acceptors (Lipinski definition) is 7. The molecule has 0 fully saturated rings. The van der Waals surface area contributed by atoms with Gasteiger partial charge in [-0.15, -0.1) is 10.2 Å². The number of phenolic OH excluding ortho intramolecular Hbond substituents is 3. The van der Waals surface area contributed by atoms with Gasteiger partial charge in [-0.05, 0) is 0 Å². The van der Waals surface area contributed by atoms with Gasteiger partial charge in [0.05, 0.1) is 0 Å². The molecule has 1 heterocycles. The normalized spacial score (nSPS) is 11.0. The van der Waals surface area contributed by atoms with Crippen molar-refractivity contribution < 1.29 is 15.3 Å². The van der Waals surface area contributed by atoms with Gasteiger partial charge in [-0.1, -0.05) is 0 Å². The molecule has 0 spiro atoms. The van der Waals surface area contributed by atoms with Crippen LogP contribution in [0.15, 0.2) is 28.7 Å². The van der Waals surface area contributed by atoms with Crippen LogP contribution in [0.2, 0.25) is 0 Å². The molecule has 1 aromatic heterocycles. The maximum absolute atomic E-state index is 9.38. The minimum absolute atomic E-state index is 0.131. The van der Waals surface area contributed by atoms with Gasteiger partial charge in [0, 0.05) is 12.1 Å². The van der Waals surface area contributed by atoms with Gasteiger partial charge in [0.25, 0.3) is 5.95 Å². The molecule has 2 aromatic rings. The summed E-state index contributed by atoms with van der Waals surface area (Å²) in [5, 5.41) is 40.9. The van der Waals surface area contributed by atoms with E-state index in [1.807, 2.05) is 0 Å². The zero-order valence-corrected chi connectivity index (χ0v) is 7.86. The molecule has 0 saturated carbocycles. The highest BCUT2D eigenvalue weighted by molar-refractivity contribution is 5.63. The Morgan fingerprint density at radius 1 is 1.06 bits per heavy atom. The van der Waals surface area contributed by atoms with Crippen LogP contribution in [0.3, 0.4) is 0 Å². The topological polar surface area (TPSA) is 127 Å². The summed E-state index contributed by atoms with van der Waals surface area (Å²) in [5.74, 6) is -0.915. The zero-order chi connectivity index (χ0) is 11.5. The molecule has 0 aliphatic carbocycles. The summed E-state index contributed by atoms with van der Waals surface area (Å²) in [6, 6.07) is 2.07. The highest BCUT2D eigenvalue weighted by atomic mass is 16.3. The van der Waals surface area contributed by atoms with E-state index in [9.17, 15) is 10.2 Å². The predicted octanol–water partition coefficient (Wildman–Crippen LogP) is 1.34. The Bertz CT molecular complexity index is 499. The Kier molecular flexibility index (Phi) is 2.38. The van der Waals surface area contributed by atoms with E-state index in [2.05, 4.69) is 25.4 Å². The quantitative estimate of drug-likeness (QED) is 0.569. The number of nitrogens with one attached hydrogen (secondary N) is 1. The lowest BCUT2D eigenvalue weighted by molar-refractivity contribution is 0.429. The number of H-pyrrole nitrogens is 1. The van der Waals surface area contributed by atoms with Gasteiger partial charge < -0.3 is 15.3 Å². The van der Waals surface area contributed by atoms with Gasteiger partial charge in [-0.3, -0.25) is 0 Å². The van der Waals surface area contributed by atoms with Crippen molar-refractivity contribution in [3.63, 3.8) is 0 Å². The van der Waals surface area contributed by atoms with E-state index in [0.29, 0.717) is 0 Å². The fraction of sp³-hybridized carbons (Fsp3) is 0. The van der Waals surface area contributed by atoms with Gasteiger partial charge in [0.2, 0.25) is 0 Å². The molecule has 0 unspecified atom stereocenters. The monoisotopic (exact) mass is 221 g/mol. The smallest absolute Gasteiger partial charge is 0.264 e. The lowest BCUT2D eigenvalue weighted by Gasteiger charge is -2.01. The summed E-state index contributed by atoms with van der Waals surface area (Å²) >= 11 is 0. The number of nitrogens with zero attached hydrogens (tertiary/aromatic N) is 4. The highest BCUT2D eigenvalue weighted by Gasteiger charge is 2.08.